The van der Waals surface area contributed by atoms with Crippen molar-refractivity contribution in [2.75, 3.05) is 9.80 Å². The van der Waals surface area contributed by atoms with Gasteiger partial charge in [0, 0.05) is 33.5 Å². The molecule has 1 aliphatic heterocycles. The van der Waals surface area contributed by atoms with E-state index < -0.39 is 5.41 Å². The number of anilines is 6. The van der Waals surface area contributed by atoms with Gasteiger partial charge in [-0.25, -0.2) is 0 Å². The van der Waals surface area contributed by atoms with Crippen LogP contribution in [0.2, 0.25) is 0 Å². The smallest absolute Gasteiger partial charge is 0.135 e. The van der Waals surface area contributed by atoms with E-state index in [1.807, 2.05) is 12.1 Å². The van der Waals surface area contributed by atoms with E-state index in [9.17, 15) is 0 Å². The van der Waals surface area contributed by atoms with Gasteiger partial charge in [-0.2, -0.15) is 0 Å². The molecule has 1 aliphatic carbocycles. The maximum atomic E-state index is 6.27. The first-order chi connectivity index (χ1) is 31.7. The maximum Gasteiger partial charge on any atom is 0.135 e. The van der Waals surface area contributed by atoms with E-state index in [0.717, 1.165) is 50.3 Å². The lowest BCUT2D eigenvalue weighted by atomic mass is 9.64. The van der Waals surface area contributed by atoms with Gasteiger partial charge < -0.3 is 14.2 Å². The summed E-state index contributed by atoms with van der Waals surface area (Å²) >= 11 is 0. The Balaban J connectivity index is 0.976. The monoisotopic (exact) mass is 816 g/mol. The molecule has 0 saturated carbocycles. The summed E-state index contributed by atoms with van der Waals surface area (Å²) in [5, 5.41) is 2.21. The zero-order valence-electron chi connectivity index (χ0n) is 34.9. The molecule has 0 N–H and O–H groups in total. The Morgan fingerprint density at radius 2 is 0.828 bits per heavy atom. The average Bonchev–Trinajstić information content (AvgIpc) is 3.89. The Morgan fingerprint density at radius 3 is 1.53 bits per heavy atom. The van der Waals surface area contributed by atoms with Crippen molar-refractivity contribution in [3.63, 3.8) is 0 Å². The number of hydrogen-bond donors (Lipinski definition) is 0. The van der Waals surface area contributed by atoms with E-state index in [1.54, 1.807) is 0 Å². The Kier molecular flexibility index (Phi) is 8.13. The van der Waals surface area contributed by atoms with Crippen molar-refractivity contribution < 1.29 is 4.42 Å². The number of benzene rings is 10. The molecule has 11 aromatic rings. The molecule has 2 heterocycles. The fourth-order valence-electron chi connectivity index (χ4n) is 10.7. The number of furan rings is 1. The minimum atomic E-state index is -0.515. The lowest BCUT2D eigenvalue weighted by molar-refractivity contribution is 0.669. The lowest BCUT2D eigenvalue weighted by Gasteiger charge is -2.45. The summed E-state index contributed by atoms with van der Waals surface area (Å²) in [6, 6.07) is 88.3. The van der Waals surface area contributed by atoms with Crippen molar-refractivity contribution in [3.05, 3.63) is 265 Å². The first kappa shape index (κ1) is 36.3. The Hall–Kier alpha value is -8.40. The minimum Gasteiger partial charge on any atom is -0.456 e. The van der Waals surface area contributed by atoms with Crippen molar-refractivity contribution in [1.82, 2.24) is 0 Å². The fraction of sp³-hybridized carbons (Fsp3) is 0.0164. The van der Waals surface area contributed by atoms with Gasteiger partial charge in [-0.3, -0.25) is 0 Å². The van der Waals surface area contributed by atoms with Crippen molar-refractivity contribution in [3.8, 4) is 33.4 Å². The summed E-state index contributed by atoms with van der Waals surface area (Å²) in [6.45, 7) is 0. The van der Waals surface area contributed by atoms with Crippen LogP contribution in [0.15, 0.2) is 247 Å². The zero-order chi connectivity index (χ0) is 42.2. The summed E-state index contributed by atoms with van der Waals surface area (Å²) in [7, 11) is 0. The van der Waals surface area contributed by atoms with Crippen LogP contribution < -0.4 is 9.80 Å². The number of rotatable bonds is 6. The molecule has 0 radical (unpaired) electrons. The molecule has 0 fully saturated rings. The van der Waals surface area contributed by atoms with Gasteiger partial charge >= 0.3 is 0 Å². The molecule has 1 spiro atoms. The van der Waals surface area contributed by atoms with Crippen LogP contribution >= 0.6 is 0 Å². The molecule has 1 aromatic heterocycles. The van der Waals surface area contributed by atoms with Gasteiger partial charge in [-0.1, -0.05) is 164 Å². The molecule has 0 amide bonds. The third kappa shape index (κ3) is 5.41. The van der Waals surface area contributed by atoms with E-state index in [4.69, 9.17) is 4.42 Å². The summed E-state index contributed by atoms with van der Waals surface area (Å²) < 4.78 is 6.27. The molecule has 3 nitrogen and oxygen atoms in total. The second kappa shape index (κ2) is 14.3. The summed E-state index contributed by atoms with van der Waals surface area (Å²) in [5.41, 5.74) is 20.5. The second-order valence-corrected chi connectivity index (χ2v) is 16.8. The molecule has 0 unspecified atom stereocenters. The van der Waals surface area contributed by atoms with Gasteiger partial charge in [0.25, 0.3) is 0 Å². The fourth-order valence-corrected chi connectivity index (χ4v) is 10.7. The highest BCUT2D eigenvalue weighted by Crippen LogP contribution is 2.63. The number of hydrogen-bond acceptors (Lipinski definition) is 3. The van der Waals surface area contributed by atoms with Crippen LogP contribution in [0.4, 0.5) is 34.1 Å². The lowest BCUT2D eigenvalue weighted by Crippen LogP contribution is -2.36. The van der Waals surface area contributed by atoms with Crippen LogP contribution in [0.3, 0.4) is 0 Å². The molecule has 0 atom stereocenters. The highest BCUT2D eigenvalue weighted by atomic mass is 16.3. The maximum absolute atomic E-state index is 6.27. The van der Waals surface area contributed by atoms with Crippen LogP contribution in [-0.4, -0.2) is 0 Å². The van der Waals surface area contributed by atoms with E-state index in [2.05, 4.69) is 240 Å². The number of fused-ring (bicyclic) bond motifs is 12. The number of nitrogens with zero attached hydrogens (tertiary/aromatic N) is 2. The number of para-hydroxylation sites is 3. The summed E-state index contributed by atoms with van der Waals surface area (Å²) in [5.74, 6) is 0. The SMILES string of the molecule is c1ccc(-c2ccc(N(c3ccc(-c4ccc5c(c4)C4(c6ccccc6-c6ccccc64)c4ccccc4N5c4ccccc4)cc3)c3ccc4oc5ccccc5c4c3)cc2)cc1. The van der Waals surface area contributed by atoms with Gasteiger partial charge in [0.15, 0.2) is 0 Å². The molecule has 10 aromatic carbocycles. The van der Waals surface area contributed by atoms with Gasteiger partial charge in [0.1, 0.15) is 11.2 Å². The first-order valence-electron chi connectivity index (χ1n) is 22.0. The van der Waals surface area contributed by atoms with E-state index in [1.165, 1.54) is 61.4 Å². The minimum absolute atomic E-state index is 0.515. The van der Waals surface area contributed by atoms with E-state index in [0.29, 0.717) is 0 Å². The normalized spacial score (nSPS) is 13.1. The molecular weight excluding hydrogens is 777 g/mol. The van der Waals surface area contributed by atoms with Crippen LogP contribution in [-0.2, 0) is 5.41 Å². The standard InChI is InChI=1S/C61H40N2O/c1-3-15-41(16-4-1)42-27-32-46(33-28-42)62(48-36-38-60-52(40-48)51-21-9-14-26-59(51)64-60)47-34-29-43(30-35-47)44-31-37-58-56(39-44)61(53-22-10-7-19-49(53)50-20-8-11-23-54(50)61)55-24-12-13-25-57(55)63(58)45-17-5-2-6-18-45/h1-40H. The Bertz CT molecular complexity index is 3510. The molecule has 0 saturated heterocycles. The van der Waals surface area contributed by atoms with Crippen LogP contribution in [0, 0.1) is 0 Å². The molecule has 300 valence electrons. The second-order valence-electron chi connectivity index (χ2n) is 16.8. The molecule has 64 heavy (non-hydrogen) atoms. The summed E-state index contributed by atoms with van der Waals surface area (Å²) in [4.78, 5) is 4.80. The quantitative estimate of drug-likeness (QED) is 0.167. The third-order valence-corrected chi connectivity index (χ3v) is 13.5. The van der Waals surface area contributed by atoms with Crippen molar-refractivity contribution >= 4 is 56.1 Å². The Morgan fingerprint density at radius 1 is 0.328 bits per heavy atom. The van der Waals surface area contributed by atoms with Crippen molar-refractivity contribution in [2.45, 2.75) is 5.41 Å². The predicted molar refractivity (Wildman–Crippen MR) is 265 cm³/mol. The van der Waals surface area contributed by atoms with Gasteiger partial charge in [-0.15, -0.1) is 0 Å². The summed E-state index contributed by atoms with van der Waals surface area (Å²) in [6.07, 6.45) is 0. The molecular formula is C61H40N2O. The largest absolute Gasteiger partial charge is 0.456 e. The highest BCUT2D eigenvalue weighted by Gasteiger charge is 2.51. The van der Waals surface area contributed by atoms with Crippen LogP contribution in [0.1, 0.15) is 22.3 Å². The molecule has 0 bridgehead atoms. The average molecular weight is 817 g/mol. The molecule has 13 rings (SSSR count). The van der Waals surface area contributed by atoms with Crippen molar-refractivity contribution in [2.24, 2.45) is 0 Å². The first-order valence-corrected chi connectivity index (χ1v) is 22.0. The molecule has 3 heteroatoms. The van der Waals surface area contributed by atoms with Gasteiger partial charge in [0.05, 0.1) is 16.8 Å². The van der Waals surface area contributed by atoms with Crippen LogP contribution in [0.5, 0.6) is 0 Å². The highest BCUT2D eigenvalue weighted by molar-refractivity contribution is 6.06. The Labute approximate surface area is 372 Å². The third-order valence-electron chi connectivity index (χ3n) is 13.5. The molecule has 2 aliphatic rings. The van der Waals surface area contributed by atoms with Gasteiger partial charge in [0.2, 0.25) is 0 Å². The van der Waals surface area contributed by atoms with E-state index >= 15 is 0 Å². The van der Waals surface area contributed by atoms with E-state index in [-0.39, 0.29) is 0 Å². The van der Waals surface area contributed by atoms with Gasteiger partial charge in [-0.05, 0) is 134 Å². The zero-order valence-corrected chi connectivity index (χ0v) is 34.9. The van der Waals surface area contributed by atoms with Crippen LogP contribution in [0.25, 0.3) is 55.3 Å². The van der Waals surface area contributed by atoms with Crippen molar-refractivity contribution in [1.29, 1.82) is 0 Å². The predicted octanol–water partition coefficient (Wildman–Crippen LogP) is 16.5. The topological polar surface area (TPSA) is 19.6 Å².